The van der Waals surface area contributed by atoms with Crippen molar-refractivity contribution in [2.75, 3.05) is 53.1 Å². The predicted octanol–water partition coefficient (Wildman–Crippen LogP) is 2.27. The Hall–Kier alpha value is -0.120. The van der Waals surface area contributed by atoms with E-state index in [4.69, 9.17) is 14.2 Å². The van der Waals surface area contributed by atoms with Crippen molar-refractivity contribution < 1.29 is 14.2 Å². The van der Waals surface area contributed by atoms with Crippen LogP contribution in [0.5, 0.6) is 0 Å². The van der Waals surface area contributed by atoms with Gasteiger partial charge in [0.1, 0.15) is 6.10 Å². The molecule has 2 rings (SSSR count). The number of hydrogen-bond donors (Lipinski definition) is 1. The molecule has 0 aromatic carbocycles. The molecule has 24 heavy (non-hydrogen) atoms. The first kappa shape index (κ1) is 21.9. The fourth-order valence-electron chi connectivity index (χ4n) is 3.04. The highest BCUT2D eigenvalue weighted by atomic mass is 127. The Morgan fingerprint density at radius 1 is 1.21 bits per heavy atom. The van der Waals surface area contributed by atoms with Gasteiger partial charge < -0.3 is 24.4 Å². The van der Waals surface area contributed by atoms with Gasteiger partial charge in [-0.2, -0.15) is 0 Å². The number of guanidine groups is 1. The molecule has 0 spiro atoms. The summed E-state index contributed by atoms with van der Waals surface area (Å²) in [6.07, 6.45) is 6.02. The van der Waals surface area contributed by atoms with Crippen LogP contribution in [0.1, 0.15) is 39.0 Å². The number of nitrogens with one attached hydrogen (secondary N) is 1. The van der Waals surface area contributed by atoms with E-state index in [1.807, 2.05) is 7.05 Å². The molecule has 2 heterocycles. The molecule has 7 heteroatoms. The summed E-state index contributed by atoms with van der Waals surface area (Å²) in [4.78, 5) is 6.70. The lowest BCUT2D eigenvalue weighted by Crippen LogP contribution is -2.53. The zero-order valence-electron chi connectivity index (χ0n) is 15.2. The summed E-state index contributed by atoms with van der Waals surface area (Å²) in [6.45, 7) is 8.11. The van der Waals surface area contributed by atoms with Gasteiger partial charge in [-0.15, -0.1) is 24.0 Å². The topological polar surface area (TPSA) is 55.3 Å². The second kappa shape index (κ2) is 13.1. The average molecular weight is 455 g/mol. The molecule has 6 nitrogen and oxygen atoms in total. The number of hydrogen-bond acceptors (Lipinski definition) is 4. The Bertz CT molecular complexity index is 352. The molecule has 0 saturated carbocycles. The third kappa shape index (κ3) is 7.41. The predicted molar refractivity (Wildman–Crippen MR) is 107 cm³/mol. The van der Waals surface area contributed by atoms with E-state index in [1.54, 1.807) is 0 Å². The summed E-state index contributed by atoms with van der Waals surface area (Å²) >= 11 is 0. The van der Waals surface area contributed by atoms with Crippen LogP contribution in [0.15, 0.2) is 4.99 Å². The molecule has 0 bridgehead atoms. The van der Waals surface area contributed by atoms with Crippen molar-refractivity contribution in [2.24, 2.45) is 4.99 Å². The maximum absolute atomic E-state index is 5.90. The second-order valence-corrected chi connectivity index (χ2v) is 6.20. The van der Waals surface area contributed by atoms with Crippen LogP contribution in [0.25, 0.3) is 0 Å². The molecular weight excluding hydrogens is 421 g/mol. The van der Waals surface area contributed by atoms with Crippen molar-refractivity contribution in [1.29, 1.82) is 0 Å². The van der Waals surface area contributed by atoms with E-state index in [-0.39, 0.29) is 36.2 Å². The minimum absolute atomic E-state index is 0. The molecule has 2 fully saturated rings. The van der Waals surface area contributed by atoms with Gasteiger partial charge in [0.15, 0.2) is 5.96 Å². The summed E-state index contributed by atoms with van der Waals surface area (Å²) in [5, 5.41) is 3.44. The molecule has 142 valence electrons. The van der Waals surface area contributed by atoms with E-state index in [0.717, 1.165) is 77.7 Å². The van der Waals surface area contributed by atoms with Gasteiger partial charge in [-0.3, -0.25) is 4.99 Å². The smallest absolute Gasteiger partial charge is 0.193 e. The lowest BCUT2D eigenvalue weighted by atomic mass is 10.1. The third-order valence-electron chi connectivity index (χ3n) is 4.38. The molecule has 1 N–H and O–H groups in total. The van der Waals surface area contributed by atoms with Crippen LogP contribution in [0.2, 0.25) is 0 Å². The molecule has 0 aromatic heterocycles. The lowest BCUT2D eigenvalue weighted by molar-refractivity contribution is -0.0817. The van der Waals surface area contributed by atoms with Crippen molar-refractivity contribution in [3.63, 3.8) is 0 Å². The summed E-state index contributed by atoms with van der Waals surface area (Å²) < 4.78 is 17.3. The highest BCUT2D eigenvalue weighted by Gasteiger charge is 2.32. The number of ether oxygens (including phenoxy) is 3. The summed E-state index contributed by atoms with van der Waals surface area (Å²) in [5.74, 6) is 0.963. The molecule has 0 amide bonds. The van der Waals surface area contributed by atoms with Crippen LogP contribution >= 0.6 is 24.0 Å². The normalized spacial score (nSPS) is 24.8. The van der Waals surface area contributed by atoms with Gasteiger partial charge >= 0.3 is 0 Å². The van der Waals surface area contributed by atoms with Crippen LogP contribution in [0.4, 0.5) is 0 Å². The largest absolute Gasteiger partial charge is 0.381 e. The van der Waals surface area contributed by atoms with E-state index in [2.05, 4.69) is 22.1 Å². The number of nitrogens with zero attached hydrogens (tertiary/aromatic N) is 2. The van der Waals surface area contributed by atoms with E-state index in [9.17, 15) is 0 Å². The Balaban J connectivity index is 0.00000288. The number of aliphatic imine (C=N–C) groups is 1. The van der Waals surface area contributed by atoms with Crippen LogP contribution in [0, 0.1) is 0 Å². The Morgan fingerprint density at radius 3 is 2.71 bits per heavy atom. The van der Waals surface area contributed by atoms with E-state index >= 15 is 0 Å². The maximum atomic E-state index is 5.90. The van der Waals surface area contributed by atoms with Gasteiger partial charge in [0.05, 0.1) is 12.7 Å². The molecule has 0 aliphatic carbocycles. The highest BCUT2D eigenvalue weighted by Crippen LogP contribution is 2.20. The van der Waals surface area contributed by atoms with Crippen molar-refractivity contribution in [3.05, 3.63) is 0 Å². The summed E-state index contributed by atoms with van der Waals surface area (Å²) in [6, 6.07) is 0. The maximum Gasteiger partial charge on any atom is 0.193 e. The molecule has 0 radical (unpaired) electrons. The minimum Gasteiger partial charge on any atom is -0.381 e. The van der Waals surface area contributed by atoms with E-state index in [0.29, 0.717) is 0 Å². The number of morpholine rings is 1. The van der Waals surface area contributed by atoms with Crippen LogP contribution < -0.4 is 5.32 Å². The number of halogens is 1. The first-order valence-corrected chi connectivity index (χ1v) is 9.11. The van der Waals surface area contributed by atoms with E-state index < -0.39 is 0 Å². The highest BCUT2D eigenvalue weighted by molar-refractivity contribution is 14.0. The van der Waals surface area contributed by atoms with Crippen LogP contribution in [-0.2, 0) is 14.2 Å². The van der Waals surface area contributed by atoms with Gasteiger partial charge in [0, 0.05) is 46.5 Å². The first-order valence-electron chi connectivity index (χ1n) is 9.11. The van der Waals surface area contributed by atoms with Gasteiger partial charge in [-0.1, -0.05) is 13.3 Å². The summed E-state index contributed by atoms with van der Waals surface area (Å²) in [5.41, 5.74) is 0. The van der Waals surface area contributed by atoms with Crippen molar-refractivity contribution in [1.82, 2.24) is 10.2 Å². The molecular formula is C17H34IN3O3. The second-order valence-electron chi connectivity index (χ2n) is 6.20. The zero-order valence-corrected chi connectivity index (χ0v) is 17.5. The van der Waals surface area contributed by atoms with Gasteiger partial charge in [0.2, 0.25) is 0 Å². The summed E-state index contributed by atoms with van der Waals surface area (Å²) in [7, 11) is 1.84. The van der Waals surface area contributed by atoms with Gasteiger partial charge in [-0.25, -0.2) is 0 Å². The zero-order chi connectivity index (χ0) is 16.3. The van der Waals surface area contributed by atoms with E-state index in [1.165, 1.54) is 6.42 Å². The number of unbranched alkanes of at least 4 members (excludes halogenated alkanes) is 1. The number of rotatable bonds is 8. The molecule has 2 aliphatic rings. The third-order valence-corrected chi connectivity index (χ3v) is 4.38. The van der Waals surface area contributed by atoms with Crippen LogP contribution in [0.3, 0.4) is 0 Å². The standard InChI is InChI=1S/C17H33N3O3.HI/c1-3-4-10-21-11-6-8-19-17(18-2)20-9-13-23-16(14-20)15-7-5-12-22-15;/h15-16H,3-14H2,1-2H3,(H,18,19);1H. The Labute approximate surface area is 163 Å². The minimum atomic E-state index is 0. The first-order chi connectivity index (χ1) is 11.3. The molecule has 2 saturated heterocycles. The van der Waals surface area contributed by atoms with Crippen molar-refractivity contribution in [3.8, 4) is 0 Å². The molecule has 2 atom stereocenters. The fraction of sp³-hybridized carbons (Fsp3) is 0.941. The average Bonchev–Trinajstić information content (AvgIpc) is 3.12. The SMILES string of the molecule is CCCCOCCCNC(=NC)N1CCOC(C2CCCO2)C1.I. The molecule has 2 aliphatic heterocycles. The van der Waals surface area contributed by atoms with Crippen molar-refractivity contribution >= 4 is 29.9 Å². The Kier molecular flexibility index (Phi) is 12.0. The lowest BCUT2D eigenvalue weighted by Gasteiger charge is -2.37. The quantitative estimate of drug-likeness (QED) is 0.264. The van der Waals surface area contributed by atoms with Crippen LogP contribution in [-0.4, -0.2) is 76.2 Å². The Morgan fingerprint density at radius 2 is 2.00 bits per heavy atom. The van der Waals surface area contributed by atoms with Gasteiger partial charge in [-0.05, 0) is 25.7 Å². The fourth-order valence-corrected chi connectivity index (χ4v) is 3.04. The molecule has 2 unspecified atom stereocenters. The van der Waals surface area contributed by atoms with Gasteiger partial charge in [0.25, 0.3) is 0 Å². The molecule has 0 aromatic rings. The van der Waals surface area contributed by atoms with Crippen molar-refractivity contribution in [2.45, 2.75) is 51.2 Å². The monoisotopic (exact) mass is 455 g/mol.